The van der Waals surface area contributed by atoms with Crippen LogP contribution in [-0.2, 0) is 0 Å². The molecule has 0 saturated carbocycles. The Kier molecular flexibility index (Phi) is 6.53. The zero-order valence-corrected chi connectivity index (χ0v) is 17.3. The highest BCUT2D eigenvalue weighted by Crippen LogP contribution is 2.25. The van der Waals surface area contributed by atoms with E-state index in [1.807, 2.05) is 29.2 Å². The van der Waals surface area contributed by atoms with Gasteiger partial charge in [0, 0.05) is 37.8 Å². The lowest BCUT2D eigenvalue weighted by Gasteiger charge is -2.41. The predicted octanol–water partition coefficient (Wildman–Crippen LogP) is 3.25. The molecule has 3 aliphatic heterocycles. The molecule has 0 aliphatic carbocycles. The average Bonchev–Trinajstić information content (AvgIpc) is 2.75. The Morgan fingerprint density at radius 2 is 1.64 bits per heavy atom. The van der Waals surface area contributed by atoms with Gasteiger partial charge in [0.25, 0.3) is 5.91 Å². The third-order valence-electron chi connectivity index (χ3n) is 6.71. The Hall–Kier alpha value is -1.59. The van der Waals surface area contributed by atoms with Gasteiger partial charge >= 0.3 is 0 Å². The molecule has 3 aliphatic rings. The normalized spacial score (nSPS) is 23.7. The van der Waals surface area contributed by atoms with Crippen LogP contribution in [-0.4, -0.2) is 79.1 Å². The fourth-order valence-corrected chi connectivity index (χ4v) is 4.89. The summed E-state index contributed by atoms with van der Waals surface area (Å²) in [6, 6.07) is 8.58. The van der Waals surface area contributed by atoms with Crippen molar-refractivity contribution in [2.45, 2.75) is 57.1 Å². The van der Waals surface area contributed by atoms with Crippen LogP contribution in [0.5, 0.6) is 5.75 Å². The maximum Gasteiger partial charge on any atom is 0.253 e. The number of amides is 1. The number of likely N-dealkylation sites (tertiary alicyclic amines) is 3. The van der Waals surface area contributed by atoms with Gasteiger partial charge in [-0.15, -0.1) is 0 Å². The van der Waals surface area contributed by atoms with E-state index in [9.17, 15) is 4.79 Å². The lowest BCUT2D eigenvalue weighted by molar-refractivity contribution is 0.0524. The van der Waals surface area contributed by atoms with Crippen LogP contribution in [0.3, 0.4) is 0 Å². The van der Waals surface area contributed by atoms with E-state index in [2.05, 4.69) is 16.8 Å². The number of hydrogen-bond acceptors (Lipinski definition) is 4. The first kappa shape index (κ1) is 19.7. The Morgan fingerprint density at radius 3 is 2.36 bits per heavy atom. The van der Waals surface area contributed by atoms with Gasteiger partial charge in [-0.1, -0.05) is 6.07 Å². The van der Waals surface area contributed by atoms with Crippen LogP contribution in [0.25, 0.3) is 0 Å². The van der Waals surface area contributed by atoms with E-state index in [0.29, 0.717) is 0 Å². The van der Waals surface area contributed by atoms with Crippen LogP contribution in [0.15, 0.2) is 24.3 Å². The SMILES string of the molecule is CN1CCC(N2CCC(Oc3cccc(C(=O)N4CCCCC4)c3)CC2)CC1. The number of carbonyl (C=O) groups excluding carboxylic acids is 1. The second-order valence-electron chi connectivity index (χ2n) is 8.77. The Morgan fingerprint density at radius 1 is 0.929 bits per heavy atom. The summed E-state index contributed by atoms with van der Waals surface area (Å²) in [5, 5.41) is 0. The number of rotatable bonds is 4. The second kappa shape index (κ2) is 9.27. The monoisotopic (exact) mass is 385 g/mol. The summed E-state index contributed by atoms with van der Waals surface area (Å²) in [6.45, 7) is 6.48. The summed E-state index contributed by atoms with van der Waals surface area (Å²) in [4.78, 5) is 19.8. The maximum atomic E-state index is 12.7. The minimum Gasteiger partial charge on any atom is -0.490 e. The highest BCUT2D eigenvalue weighted by atomic mass is 16.5. The van der Waals surface area contributed by atoms with E-state index in [4.69, 9.17) is 4.74 Å². The van der Waals surface area contributed by atoms with E-state index in [-0.39, 0.29) is 12.0 Å². The van der Waals surface area contributed by atoms with Gasteiger partial charge in [-0.2, -0.15) is 0 Å². The van der Waals surface area contributed by atoms with Gasteiger partial charge in [0.1, 0.15) is 11.9 Å². The topological polar surface area (TPSA) is 36.0 Å². The molecule has 154 valence electrons. The van der Waals surface area contributed by atoms with Crippen LogP contribution >= 0.6 is 0 Å². The Labute approximate surface area is 169 Å². The molecule has 0 atom stereocenters. The summed E-state index contributed by atoms with van der Waals surface area (Å²) < 4.78 is 6.28. The van der Waals surface area contributed by atoms with Gasteiger partial charge < -0.3 is 19.4 Å². The number of carbonyl (C=O) groups is 1. The highest BCUT2D eigenvalue weighted by Gasteiger charge is 2.28. The zero-order valence-electron chi connectivity index (χ0n) is 17.3. The van der Waals surface area contributed by atoms with Crippen molar-refractivity contribution in [1.29, 1.82) is 0 Å². The number of piperidine rings is 3. The van der Waals surface area contributed by atoms with Crippen molar-refractivity contribution in [3.05, 3.63) is 29.8 Å². The standard InChI is InChI=1S/C23H35N3O2/c1-24-14-8-20(9-15-24)25-16-10-21(11-17-25)28-22-7-5-6-19(18-22)23(27)26-12-3-2-4-13-26/h5-7,18,20-21H,2-4,8-17H2,1H3. The molecule has 1 aromatic carbocycles. The van der Waals surface area contributed by atoms with Crippen molar-refractivity contribution in [2.75, 3.05) is 46.3 Å². The van der Waals surface area contributed by atoms with Crippen molar-refractivity contribution in [3.63, 3.8) is 0 Å². The fourth-order valence-electron chi connectivity index (χ4n) is 4.89. The summed E-state index contributed by atoms with van der Waals surface area (Å²) in [5.74, 6) is 1.00. The number of ether oxygens (including phenoxy) is 1. The van der Waals surface area contributed by atoms with Gasteiger partial charge in [0.2, 0.25) is 0 Å². The first-order valence-corrected chi connectivity index (χ1v) is 11.2. The molecule has 1 aromatic rings. The molecule has 3 heterocycles. The van der Waals surface area contributed by atoms with E-state index < -0.39 is 0 Å². The van der Waals surface area contributed by atoms with E-state index >= 15 is 0 Å². The van der Waals surface area contributed by atoms with E-state index in [0.717, 1.165) is 69.2 Å². The van der Waals surface area contributed by atoms with Gasteiger partial charge in [-0.3, -0.25) is 4.79 Å². The molecule has 3 fully saturated rings. The van der Waals surface area contributed by atoms with Crippen LogP contribution in [0.4, 0.5) is 0 Å². The zero-order chi connectivity index (χ0) is 19.3. The molecule has 0 spiro atoms. The van der Waals surface area contributed by atoms with Crippen molar-refractivity contribution < 1.29 is 9.53 Å². The minimum absolute atomic E-state index is 0.155. The quantitative estimate of drug-likeness (QED) is 0.797. The summed E-state index contributed by atoms with van der Waals surface area (Å²) in [5.41, 5.74) is 0.767. The average molecular weight is 386 g/mol. The highest BCUT2D eigenvalue weighted by molar-refractivity contribution is 5.94. The maximum absolute atomic E-state index is 12.7. The third kappa shape index (κ3) is 4.87. The molecular formula is C23H35N3O2. The molecule has 28 heavy (non-hydrogen) atoms. The summed E-state index contributed by atoms with van der Waals surface area (Å²) in [6.07, 6.45) is 8.50. The molecule has 0 N–H and O–H groups in total. The molecule has 5 heteroatoms. The molecule has 3 saturated heterocycles. The van der Waals surface area contributed by atoms with Crippen LogP contribution in [0.1, 0.15) is 55.3 Å². The molecular weight excluding hydrogens is 350 g/mol. The first-order chi connectivity index (χ1) is 13.7. The lowest BCUT2D eigenvalue weighted by Crippen LogP contribution is -2.48. The Balaban J connectivity index is 1.28. The van der Waals surface area contributed by atoms with Gasteiger partial charge in [-0.05, 0) is 83.3 Å². The molecule has 4 rings (SSSR count). The van der Waals surface area contributed by atoms with Crippen LogP contribution < -0.4 is 4.74 Å². The van der Waals surface area contributed by atoms with E-state index in [1.165, 1.54) is 32.4 Å². The molecule has 1 amide bonds. The van der Waals surface area contributed by atoms with Gasteiger partial charge in [0.05, 0.1) is 0 Å². The van der Waals surface area contributed by atoms with Crippen molar-refractivity contribution in [1.82, 2.24) is 14.7 Å². The van der Waals surface area contributed by atoms with E-state index in [1.54, 1.807) is 0 Å². The minimum atomic E-state index is 0.155. The predicted molar refractivity (Wildman–Crippen MR) is 112 cm³/mol. The molecule has 0 unspecified atom stereocenters. The van der Waals surface area contributed by atoms with Crippen molar-refractivity contribution in [2.24, 2.45) is 0 Å². The Bertz CT molecular complexity index is 643. The van der Waals surface area contributed by atoms with Crippen LogP contribution in [0.2, 0.25) is 0 Å². The fraction of sp³-hybridized carbons (Fsp3) is 0.696. The smallest absolute Gasteiger partial charge is 0.253 e. The number of nitrogens with zero attached hydrogens (tertiary/aromatic N) is 3. The van der Waals surface area contributed by atoms with Crippen molar-refractivity contribution >= 4 is 5.91 Å². The molecule has 5 nitrogen and oxygen atoms in total. The third-order valence-corrected chi connectivity index (χ3v) is 6.71. The van der Waals surface area contributed by atoms with Crippen LogP contribution in [0, 0.1) is 0 Å². The lowest BCUT2D eigenvalue weighted by atomic mass is 9.99. The second-order valence-corrected chi connectivity index (χ2v) is 8.77. The van der Waals surface area contributed by atoms with Gasteiger partial charge in [-0.25, -0.2) is 0 Å². The first-order valence-electron chi connectivity index (χ1n) is 11.2. The summed E-state index contributed by atoms with van der Waals surface area (Å²) >= 11 is 0. The molecule has 0 bridgehead atoms. The molecule has 0 radical (unpaired) electrons. The van der Waals surface area contributed by atoms with Crippen molar-refractivity contribution in [3.8, 4) is 5.75 Å². The van der Waals surface area contributed by atoms with Gasteiger partial charge in [0.15, 0.2) is 0 Å². The summed E-state index contributed by atoms with van der Waals surface area (Å²) in [7, 11) is 2.22. The number of hydrogen-bond donors (Lipinski definition) is 0. The molecule has 0 aromatic heterocycles. The number of benzene rings is 1. The largest absolute Gasteiger partial charge is 0.490 e.